The fourth-order valence-corrected chi connectivity index (χ4v) is 1.98. The molecule has 0 aromatic heterocycles. The summed E-state index contributed by atoms with van der Waals surface area (Å²) < 4.78 is 5.34. The lowest BCUT2D eigenvalue weighted by Gasteiger charge is -2.27. The van der Waals surface area contributed by atoms with Gasteiger partial charge in [0.25, 0.3) is 0 Å². The topological polar surface area (TPSA) is 52.3 Å². The van der Waals surface area contributed by atoms with Crippen molar-refractivity contribution in [2.75, 3.05) is 12.8 Å². The molecule has 0 bridgehead atoms. The fourth-order valence-electron chi connectivity index (χ4n) is 1.98. The van der Waals surface area contributed by atoms with Crippen molar-refractivity contribution in [2.45, 2.75) is 45.4 Å². The van der Waals surface area contributed by atoms with Crippen LogP contribution in [0.2, 0.25) is 0 Å². The van der Waals surface area contributed by atoms with Gasteiger partial charge in [-0.05, 0) is 30.9 Å². The molecule has 0 aliphatic carbocycles. The van der Waals surface area contributed by atoms with E-state index in [1.165, 1.54) is 0 Å². The van der Waals surface area contributed by atoms with Gasteiger partial charge in [-0.15, -0.1) is 0 Å². The highest BCUT2D eigenvalue weighted by Crippen LogP contribution is 2.38. The summed E-state index contributed by atoms with van der Waals surface area (Å²) in [5, 5.41) is 0. The Labute approximate surface area is 109 Å². The lowest BCUT2D eigenvalue weighted by atomic mass is 9.79. The molecule has 1 aromatic carbocycles. The van der Waals surface area contributed by atoms with Crippen LogP contribution < -0.4 is 10.5 Å². The summed E-state index contributed by atoms with van der Waals surface area (Å²) >= 11 is 0. The predicted molar refractivity (Wildman–Crippen MR) is 75.2 cm³/mol. The van der Waals surface area contributed by atoms with Crippen molar-refractivity contribution in [1.82, 2.24) is 0 Å². The van der Waals surface area contributed by atoms with Crippen molar-refractivity contribution < 1.29 is 9.53 Å². The van der Waals surface area contributed by atoms with Crippen molar-refractivity contribution >= 4 is 12.0 Å². The maximum Gasteiger partial charge on any atom is 0.130 e. The Balaban J connectivity index is 3.55. The van der Waals surface area contributed by atoms with Crippen LogP contribution in [0.3, 0.4) is 0 Å². The van der Waals surface area contributed by atoms with Gasteiger partial charge in [0.15, 0.2) is 0 Å². The number of hydrogen-bond donors (Lipinski definition) is 1. The molecule has 100 valence electrons. The van der Waals surface area contributed by atoms with E-state index in [2.05, 4.69) is 20.8 Å². The maximum atomic E-state index is 11.3. The summed E-state index contributed by atoms with van der Waals surface area (Å²) in [4.78, 5) is 11.3. The molecule has 1 rings (SSSR count). The van der Waals surface area contributed by atoms with Gasteiger partial charge in [-0.2, -0.15) is 0 Å². The number of rotatable bonds is 3. The molecule has 0 saturated carbocycles. The minimum atomic E-state index is -0.584. The minimum Gasteiger partial charge on any atom is -0.496 e. The zero-order valence-electron chi connectivity index (χ0n) is 12.1. The van der Waals surface area contributed by atoms with E-state index in [0.29, 0.717) is 11.4 Å². The molecule has 0 aliphatic rings. The van der Waals surface area contributed by atoms with Crippen LogP contribution in [-0.2, 0) is 15.6 Å². The van der Waals surface area contributed by atoms with E-state index in [-0.39, 0.29) is 5.41 Å². The van der Waals surface area contributed by atoms with E-state index in [0.717, 1.165) is 17.4 Å². The standard InChI is InChI=1S/C15H23NO2/c1-14(2,3)10-7-11(15(4,5)9-17)13(18-6)8-12(10)16/h7-9H,16H2,1-6H3. The Morgan fingerprint density at radius 1 is 1.11 bits per heavy atom. The molecule has 18 heavy (non-hydrogen) atoms. The van der Waals surface area contributed by atoms with Crippen molar-refractivity contribution in [3.05, 3.63) is 23.3 Å². The molecule has 0 saturated heterocycles. The predicted octanol–water partition coefficient (Wildman–Crippen LogP) is 3.05. The average Bonchev–Trinajstić information content (AvgIpc) is 2.26. The van der Waals surface area contributed by atoms with Gasteiger partial charge in [0.1, 0.15) is 12.0 Å². The average molecular weight is 249 g/mol. The number of nitrogen functional groups attached to an aromatic ring is 1. The zero-order valence-corrected chi connectivity index (χ0v) is 12.1. The molecule has 0 amide bonds. The molecule has 0 radical (unpaired) electrons. The van der Waals surface area contributed by atoms with Crippen LogP contribution in [0.1, 0.15) is 45.7 Å². The number of nitrogens with two attached hydrogens (primary N) is 1. The van der Waals surface area contributed by atoms with Crippen molar-refractivity contribution in [2.24, 2.45) is 0 Å². The third-order valence-corrected chi connectivity index (χ3v) is 3.17. The molecule has 0 unspecified atom stereocenters. The Morgan fingerprint density at radius 3 is 2.06 bits per heavy atom. The largest absolute Gasteiger partial charge is 0.496 e. The number of hydrogen-bond acceptors (Lipinski definition) is 3. The Hall–Kier alpha value is -1.51. The highest BCUT2D eigenvalue weighted by atomic mass is 16.5. The molecule has 0 atom stereocenters. The van der Waals surface area contributed by atoms with Crippen LogP contribution in [0.25, 0.3) is 0 Å². The summed E-state index contributed by atoms with van der Waals surface area (Å²) in [6, 6.07) is 3.80. The zero-order chi connectivity index (χ0) is 14.1. The second kappa shape index (κ2) is 4.63. The molecule has 2 N–H and O–H groups in total. The van der Waals surface area contributed by atoms with Crippen molar-refractivity contribution in [3.63, 3.8) is 0 Å². The van der Waals surface area contributed by atoms with Crippen molar-refractivity contribution in [3.8, 4) is 5.75 Å². The van der Waals surface area contributed by atoms with Gasteiger partial charge in [-0.25, -0.2) is 0 Å². The first-order chi connectivity index (χ1) is 8.13. The molecule has 1 aromatic rings. The number of anilines is 1. The first-order valence-electron chi connectivity index (χ1n) is 6.08. The van der Waals surface area contributed by atoms with E-state index >= 15 is 0 Å². The molecule has 0 spiro atoms. The lowest BCUT2D eigenvalue weighted by molar-refractivity contribution is -0.111. The normalized spacial score (nSPS) is 12.3. The third kappa shape index (κ3) is 2.66. The van der Waals surface area contributed by atoms with Gasteiger partial charge in [0.05, 0.1) is 7.11 Å². The Morgan fingerprint density at radius 2 is 1.67 bits per heavy atom. The van der Waals surface area contributed by atoms with Crippen LogP contribution in [0.4, 0.5) is 5.69 Å². The first-order valence-corrected chi connectivity index (χ1v) is 6.08. The van der Waals surface area contributed by atoms with E-state index in [1.54, 1.807) is 13.2 Å². The summed E-state index contributed by atoms with van der Waals surface area (Å²) in [5.74, 6) is 0.664. The van der Waals surface area contributed by atoms with Crippen LogP contribution in [0.15, 0.2) is 12.1 Å². The van der Waals surface area contributed by atoms with Gasteiger partial charge in [0, 0.05) is 22.7 Å². The van der Waals surface area contributed by atoms with E-state index < -0.39 is 5.41 Å². The molecular weight excluding hydrogens is 226 g/mol. The van der Waals surface area contributed by atoms with Crippen LogP contribution in [0.5, 0.6) is 5.75 Å². The highest BCUT2D eigenvalue weighted by Gasteiger charge is 2.27. The number of carbonyl (C=O) groups is 1. The Kier molecular flexibility index (Phi) is 3.75. The van der Waals surface area contributed by atoms with E-state index in [1.807, 2.05) is 19.9 Å². The van der Waals surface area contributed by atoms with Gasteiger partial charge >= 0.3 is 0 Å². The lowest BCUT2D eigenvalue weighted by Crippen LogP contribution is -2.22. The van der Waals surface area contributed by atoms with Crippen LogP contribution in [-0.4, -0.2) is 13.4 Å². The van der Waals surface area contributed by atoms with Gasteiger partial charge in [0.2, 0.25) is 0 Å². The van der Waals surface area contributed by atoms with Crippen LogP contribution >= 0.6 is 0 Å². The molecule has 0 heterocycles. The summed E-state index contributed by atoms with van der Waals surface area (Å²) in [5.41, 5.74) is 8.03. The number of benzene rings is 1. The molecular formula is C15H23NO2. The summed E-state index contributed by atoms with van der Waals surface area (Å²) in [6.45, 7) is 10.1. The molecule has 0 aliphatic heterocycles. The first kappa shape index (κ1) is 14.6. The monoisotopic (exact) mass is 249 g/mol. The summed E-state index contributed by atoms with van der Waals surface area (Å²) in [7, 11) is 1.59. The number of ether oxygens (including phenoxy) is 1. The van der Waals surface area contributed by atoms with Gasteiger partial charge < -0.3 is 15.3 Å². The van der Waals surface area contributed by atoms with Crippen LogP contribution in [0, 0.1) is 0 Å². The van der Waals surface area contributed by atoms with E-state index in [9.17, 15) is 4.79 Å². The van der Waals surface area contributed by atoms with E-state index in [4.69, 9.17) is 10.5 Å². The number of carbonyl (C=O) groups excluding carboxylic acids is 1. The maximum absolute atomic E-state index is 11.3. The minimum absolute atomic E-state index is 0.0654. The second-order valence-corrected chi connectivity index (χ2v) is 6.23. The molecule has 3 heteroatoms. The third-order valence-electron chi connectivity index (χ3n) is 3.17. The summed E-state index contributed by atoms with van der Waals surface area (Å²) in [6.07, 6.45) is 0.938. The van der Waals surface area contributed by atoms with Crippen molar-refractivity contribution in [1.29, 1.82) is 0 Å². The fraction of sp³-hybridized carbons (Fsp3) is 0.533. The number of methoxy groups -OCH3 is 1. The Bertz CT molecular complexity index is 456. The molecule has 0 fully saturated rings. The second-order valence-electron chi connectivity index (χ2n) is 6.23. The quantitative estimate of drug-likeness (QED) is 0.661. The SMILES string of the molecule is COc1cc(N)c(C(C)(C)C)cc1C(C)(C)C=O. The van der Waals surface area contributed by atoms with Gasteiger partial charge in [-0.3, -0.25) is 0 Å². The highest BCUT2D eigenvalue weighted by molar-refractivity contribution is 5.71. The molecule has 3 nitrogen and oxygen atoms in total. The number of aldehydes is 1. The smallest absolute Gasteiger partial charge is 0.130 e. The van der Waals surface area contributed by atoms with Gasteiger partial charge in [-0.1, -0.05) is 20.8 Å².